The zero-order valence-corrected chi connectivity index (χ0v) is 12.3. The van der Waals surface area contributed by atoms with Gasteiger partial charge in [-0.1, -0.05) is 22.0 Å². The van der Waals surface area contributed by atoms with E-state index in [4.69, 9.17) is 5.11 Å². The lowest BCUT2D eigenvalue weighted by atomic mass is 10.1. The Morgan fingerprint density at radius 3 is 2.58 bits per heavy atom. The van der Waals surface area contributed by atoms with Gasteiger partial charge in [-0.05, 0) is 36.8 Å². The van der Waals surface area contributed by atoms with Gasteiger partial charge >= 0.3 is 5.97 Å². The van der Waals surface area contributed by atoms with Crippen LogP contribution in [0.15, 0.2) is 34.8 Å². The molecule has 1 amide bonds. The normalized spacial score (nSPS) is 10.2. The summed E-state index contributed by atoms with van der Waals surface area (Å²) < 4.78 is 0.859. The molecule has 2 N–H and O–H groups in total. The lowest BCUT2D eigenvalue weighted by Crippen LogP contribution is -2.10. The standard InChI is InChI=1S/C13H10BrNO3S/c1-7-2-3-8(6-9(7)14)12(16)15-11-5-4-10(19-11)13(17)18/h2-6H,1H3,(H,15,16)(H,17,18). The number of rotatable bonds is 3. The first-order valence-electron chi connectivity index (χ1n) is 5.38. The van der Waals surface area contributed by atoms with E-state index in [9.17, 15) is 9.59 Å². The molecule has 0 spiro atoms. The average Bonchev–Trinajstić information content (AvgIpc) is 2.81. The van der Waals surface area contributed by atoms with E-state index in [-0.39, 0.29) is 10.8 Å². The van der Waals surface area contributed by atoms with E-state index in [1.54, 1.807) is 18.2 Å². The number of hydrogen-bond acceptors (Lipinski definition) is 3. The highest BCUT2D eigenvalue weighted by Gasteiger charge is 2.11. The van der Waals surface area contributed by atoms with Crippen molar-refractivity contribution in [3.63, 3.8) is 0 Å². The monoisotopic (exact) mass is 339 g/mol. The molecule has 0 aliphatic heterocycles. The summed E-state index contributed by atoms with van der Waals surface area (Å²) in [6, 6.07) is 8.34. The number of hydrogen-bond donors (Lipinski definition) is 2. The Morgan fingerprint density at radius 1 is 1.26 bits per heavy atom. The molecule has 4 nitrogen and oxygen atoms in total. The van der Waals surface area contributed by atoms with Crippen molar-refractivity contribution < 1.29 is 14.7 Å². The second-order valence-electron chi connectivity index (χ2n) is 3.89. The number of aromatic carboxylic acids is 1. The second-order valence-corrected chi connectivity index (χ2v) is 5.83. The fraction of sp³-hybridized carbons (Fsp3) is 0.0769. The second kappa shape index (κ2) is 5.54. The van der Waals surface area contributed by atoms with Crippen LogP contribution in [0.4, 0.5) is 5.00 Å². The van der Waals surface area contributed by atoms with Crippen LogP contribution in [0.25, 0.3) is 0 Å². The van der Waals surface area contributed by atoms with Gasteiger partial charge in [-0.15, -0.1) is 11.3 Å². The van der Waals surface area contributed by atoms with Crippen LogP contribution in [0.5, 0.6) is 0 Å². The predicted octanol–water partition coefficient (Wildman–Crippen LogP) is 3.77. The van der Waals surface area contributed by atoms with E-state index >= 15 is 0 Å². The van der Waals surface area contributed by atoms with Crippen LogP contribution in [0, 0.1) is 6.92 Å². The molecule has 0 atom stereocenters. The number of carboxylic acid groups (broad SMARTS) is 1. The fourth-order valence-corrected chi connectivity index (χ4v) is 2.56. The van der Waals surface area contributed by atoms with E-state index in [0.29, 0.717) is 10.6 Å². The Bertz CT molecular complexity index is 651. The third-order valence-electron chi connectivity index (χ3n) is 2.49. The molecule has 6 heteroatoms. The van der Waals surface area contributed by atoms with Gasteiger partial charge in [-0.25, -0.2) is 4.79 Å². The van der Waals surface area contributed by atoms with Crippen LogP contribution in [-0.2, 0) is 0 Å². The minimum Gasteiger partial charge on any atom is -0.477 e. The van der Waals surface area contributed by atoms with Gasteiger partial charge in [0.1, 0.15) is 4.88 Å². The van der Waals surface area contributed by atoms with Gasteiger partial charge in [0, 0.05) is 10.0 Å². The Morgan fingerprint density at radius 2 is 2.00 bits per heavy atom. The molecule has 0 bridgehead atoms. The third-order valence-corrected chi connectivity index (χ3v) is 4.33. The topological polar surface area (TPSA) is 66.4 Å². The number of anilines is 1. The Hall–Kier alpha value is -1.66. The summed E-state index contributed by atoms with van der Waals surface area (Å²) in [7, 11) is 0. The van der Waals surface area contributed by atoms with E-state index in [1.165, 1.54) is 6.07 Å². The molecule has 0 radical (unpaired) electrons. The molecular formula is C13H10BrNO3S. The number of thiophene rings is 1. The number of aryl methyl sites for hydroxylation is 1. The number of amides is 1. The minimum atomic E-state index is -0.997. The summed E-state index contributed by atoms with van der Waals surface area (Å²) in [6.45, 7) is 1.93. The summed E-state index contributed by atoms with van der Waals surface area (Å²) >= 11 is 4.40. The number of benzene rings is 1. The molecule has 0 saturated carbocycles. The maximum atomic E-state index is 12.0. The first-order valence-corrected chi connectivity index (χ1v) is 6.99. The van der Waals surface area contributed by atoms with Crippen molar-refractivity contribution in [3.8, 4) is 0 Å². The highest BCUT2D eigenvalue weighted by molar-refractivity contribution is 9.10. The molecule has 0 aliphatic rings. The van der Waals surface area contributed by atoms with Crippen molar-refractivity contribution in [1.82, 2.24) is 0 Å². The Kier molecular flexibility index (Phi) is 4.01. The molecular weight excluding hydrogens is 330 g/mol. The van der Waals surface area contributed by atoms with Crippen LogP contribution in [0.3, 0.4) is 0 Å². The van der Waals surface area contributed by atoms with Gasteiger partial charge in [0.05, 0.1) is 5.00 Å². The molecule has 1 aromatic heterocycles. The number of carbonyl (C=O) groups excluding carboxylic acids is 1. The van der Waals surface area contributed by atoms with E-state index in [1.807, 2.05) is 13.0 Å². The van der Waals surface area contributed by atoms with Gasteiger partial charge in [0.25, 0.3) is 5.91 Å². The lowest BCUT2D eigenvalue weighted by molar-refractivity contribution is 0.0702. The largest absolute Gasteiger partial charge is 0.477 e. The molecule has 2 aromatic rings. The number of carbonyl (C=O) groups is 2. The van der Waals surface area contributed by atoms with Gasteiger partial charge in [-0.2, -0.15) is 0 Å². The summed E-state index contributed by atoms with van der Waals surface area (Å²) in [5.41, 5.74) is 1.56. The number of carboxylic acids is 1. The zero-order valence-electron chi connectivity index (χ0n) is 9.94. The third kappa shape index (κ3) is 3.21. The van der Waals surface area contributed by atoms with Crippen LogP contribution in [0.1, 0.15) is 25.6 Å². The van der Waals surface area contributed by atoms with Crippen LogP contribution in [-0.4, -0.2) is 17.0 Å². The van der Waals surface area contributed by atoms with E-state index in [0.717, 1.165) is 21.4 Å². The van der Waals surface area contributed by atoms with Crippen molar-refractivity contribution >= 4 is 44.1 Å². The molecule has 1 heterocycles. The van der Waals surface area contributed by atoms with Crippen molar-refractivity contribution in [1.29, 1.82) is 0 Å². The fourth-order valence-electron chi connectivity index (χ4n) is 1.44. The van der Waals surface area contributed by atoms with Crippen LogP contribution >= 0.6 is 27.3 Å². The van der Waals surface area contributed by atoms with E-state index in [2.05, 4.69) is 21.2 Å². The van der Waals surface area contributed by atoms with Crippen molar-refractivity contribution in [2.45, 2.75) is 6.92 Å². The summed E-state index contributed by atoms with van der Waals surface area (Å²) in [5, 5.41) is 12.0. The van der Waals surface area contributed by atoms with E-state index < -0.39 is 5.97 Å². The van der Waals surface area contributed by atoms with Gasteiger partial charge in [0.15, 0.2) is 0 Å². The SMILES string of the molecule is Cc1ccc(C(=O)Nc2ccc(C(=O)O)s2)cc1Br. The minimum absolute atomic E-state index is 0.195. The molecule has 0 unspecified atom stereocenters. The summed E-state index contributed by atoms with van der Waals surface area (Å²) in [4.78, 5) is 22.9. The first kappa shape index (κ1) is 13.8. The molecule has 19 heavy (non-hydrogen) atoms. The van der Waals surface area contributed by atoms with Gasteiger partial charge in [0.2, 0.25) is 0 Å². The molecule has 2 rings (SSSR count). The maximum absolute atomic E-state index is 12.0. The van der Waals surface area contributed by atoms with Gasteiger partial charge < -0.3 is 10.4 Å². The number of nitrogens with one attached hydrogen (secondary N) is 1. The molecule has 0 saturated heterocycles. The number of halogens is 1. The van der Waals surface area contributed by atoms with Crippen molar-refractivity contribution in [3.05, 3.63) is 50.8 Å². The molecule has 98 valence electrons. The predicted molar refractivity (Wildman–Crippen MR) is 78.1 cm³/mol. The average molecular weight is 340 g/mol. The lowest BCUT2D eigenvalue weighted by Gasteiger charge is -2.04. The first-order chi connectivity index (χ1) is 8.97. The molecule has 1 aromatic carbocycles. The zero-order chi connectivity index (χ0) is 14.0. The van der Waals surface area contributed by atoms with Crippen LogP contribution < -0.4 is 5.32 Å². The Labute approximate surface area is 122 Å². The Balaban J connectivity index is 2.15. The van der Waals surface area contributed by atoms with Crippen molar-refractivity contribution in [2.75, 3.05) is 5.32 Å². The summed E-state index contributed by atoms with van der Waals surface area (Å²) in [6.07, 6.45) is 0. The highest BCUT2D eigenvalue weighted by Crippen LogP contribution is 2.23. The molecule has 0 fully saturated rings. The smallest absolute Gasteiger partial charge is 0.345 e. The quantitative estimate of drug-likeness (QED) is 0.894. The highest BCUT2D eigenvalue weighted by atomic mass is 79.9. The maximum Gasteiger partial charge on any atom is 0.345 e. The van der Waals surface area contributed by atoms with Crippen molar-refractivity contribution in [2.24, 2.45) is 0 Å². The van der Waals surface area contributed by atoms with Gasteiger partial charge in [-0.3, -0.25) is 4.79 Å². The van der Waals surface area contributed by atoms with Crippen LogP contribution in [0.2, 0.25) is 0 Å². The molecule has 0 aliphatic carbocycles. The summed E-state index contributed by atoms with van der Waals surface area (Å²) in [5.74, 6) is -1.26.